The van der Waals surface area contributed by atoms with E-state index in [0.717, 1.165) is 6.61 Å². The molecule has 0 aliphatic carbocycles. The fourth-order valence-corrected chi connectivity index (χ4v) is 0.679. The van der Waals surface area contributed by atoms with Crippen molar-refractivity contribution >= 4 is 20.6 Å². The van der Waals surface area contributed by atoms with Crippen LogP contribution >= 0.6 is 15.9 Å². The quantitative estimate of drug-likeness (QED) is 0.332. The smallest absolute Gasteiger partial charge is 0.899 e. The number of allylic oxidation sites excluding steroid dienone is 2. The molecular weight excluding hydrogens is 277 g/mol. The maximum absolute atomic E-state index is 8.63. The van der Waals surface area contributed by atoms with Crippen LogP contribution in [0.15, 0.2) is 6.08 Å². The van der Waals surface area contributed by atoms with E-state index < -0.39 is 0 Å². The largest absolute Gasteiger partial charge is 1.00 e. The Morgan fingerprint density at radius 3 is 2.06 bits per heavy atom. The van der Waals surface area contributed by atoms with Gasteiger partial charge in [0.1, 0.15) is 0 Å². The van der Waals surface area contributed by atoms with Crippen LogP contribution in [0.4, 0.5) is 0 Å². The maximum Gasteiger partial charge on any atom is 1.00 e. The van der Waals surface area contributed by atoms with Crippen LogP contribution in [-0.4, -0.2) is 18.3 Å². The topological polar surface area (TPSA) is 31.5 Å². The second-order valence-corrected chi connectivity index (χ2v) is 5.02. The number of hydrogen-bond acceptors (Lipinski definition) is 1. The molecule has 0 aromatic carbocycles. The SMILES string of the molecule is CC(C)(C)[C-]=CC(=[N-])Br.CCCCOC.[Na+]. The number of halogens is 1. The summed E-state index contributed by atoms with van der Waals surface area (Å²) in [5, 5.41) is 8.63. The molecule has 0 aliphatic rings. The molecule has 0 rings (SSSR count). The molecule has 0 bridgehead atoms. The van der Waals surface area contributed by atoms with E-state index in [1.807, 2.05) is 20.8 Å². The zero-order chi connectivity index (χ0) is 12.3. The van der Waals surface area contributed by atoms with Crippen molar-refractivity contribution in [3.05, 3.63) is 17.6 Å². The van der Waals surface area contributed by atoms with Gasteiger partial charge in [-0.3, -0.25) is 16.8 Å². The standard InChI is InChI=1S/C7H10BrN.C5H12O.Na/c1-7(2,3)5-4-6(8)9;1-3-4-5-6-2;/h4H,1-3H3;3-5H2,1-2H3;/q-2;;+1. The summed E-state index contributed by atoms with van der Waals surface area (Å²) in [6, 6.07) is 0. The Hall–Kier alpha value is 0.850. The summed E-state index contributed by atoms with van der Waals surface area (Å²) in [5.74, 6) is 0. The Morgan fingerprint density at radius 2 is 1.94 bits per heavy atom. The molecule has 0 aromatic heterocycles. The molecule has 0 heterocycles. The zero-order valence-electron chi connectivity index (χ0n) is 11.4. The summed E-state index contributed by atoms with van der Waals surface area (Å²) in [4.78, 5) is 0. The minimum Gasteiger partial charge on any atom is -0.899 e. The van der Waals surface area contributed by atoms with Crippen molar-refractivity contribution in [2.45, 2.75) is 40.5 Å². The van der Waals surface area contributed by atoms with Gasteiger partial charge in [-0.25, -0.2) is 15.9 Å². The molecule has 0 saturated carbocycles. The van der Waals surface area contributed by atoms with Gasteiger partial charge in [-0.2, -0.15) is 0 Å². The maximum atomic E-state index is 8.63. The van der Waals surface area contributed by atoms with E-state index in [9.17, 15) is 0 Å². The van der Waals surface area contributed by atoms with Gasteiger partial charge in [0.05, 0.1) is 0 Å². The Morgan fingerprint density at radius 1 is 1.44 bits per heavy atom. The van der Waals surface area contributed by atoms with Crippen LogP contribution < -0.4 is 29.6 Å². The number of rotatable bonds is 4. The van der Waals surface area contributed by atoms with E-state index in [-0.39, 0.29) is 39.6 Å². The zero-order valence-corrected chi connectivity index (χ0v) is 15.0. The molecule has 0 atom stereocenters. The third kappa shape index (κ3) is 29.4. The molecule has 0 radical (unpaired) electrons. The molecule has 0 spiro atoms. The predicted octanol–water partition coefficient (Wildman–Crippen LogP) is 1.19. The fourth-order valence-electron chi connectivity index (χ4n) is 0.565. The monoisotopic (exact) mass is 298 g/mol. The summed E-state index contributed by atoms with van der Waals surface area (Å²) < 4.78 is 4.90. The Kier molecular flexibility index (Phi) is 19.2. The number of nitrogens with zero attached hydrogens (tertiary/aromatic N) is 1. The van der Waals surface area contributed by atoms with Crippen LogP contribution in [0.1, 0.15) is 40.5 Å². The Labute approximate surface area is 131 Å². The molecular formula is C12H22BrNNaO-. The summed E-state index contributed by atoms with van der Waals surface area (Å²) in [7, 11) is 1.73. The van der Waals surface area contributed by atoms with E-state index in [4.69, 9.17) is 10.1 Å². The molecule has 0 saturated heterocycles. The number of ether oxygens (including phenoxy) is 1. The summed E-state index contributed by atoms with van der Waals surface area (Å²) >= 11 is 2.88. The van der Waals surface area contributed by atoms with E-state index in [2.05, 4.69) is 28.9 Å². The first-order valence-electron chi connectivity index (χ1n) is 5.14. The first kappa shape index (κ1) is 22.1. The van der Waals surface area contributed by atoms with Crippen molar-refractivity contribution in [2.75, 3.05) is 13.7 Å². The van der Waals surface area contributed by atoms with E-state index in [1.54, 1.807) is 7.11 Å². The van der Waals surface area contributed by atoms with Gasteiger partial charge in [0, 0.05) is 13.7 Å². The fraction of sp³-hybridized carbons (Fsp3) is 0.750. The van der Waals surface area contributed by atoms with Gasteiger partial charge in [0.25, 0.3) is 0 Å². The average Bonchev–Trinajstić information content (AvgIpc) is 2.11. The summed E-state index contributed by atoms with van der Waals surface area (Å²) in [6.45, 7) is 9.10. The minimum absolute atomic E-state index is 0. The van der Waals surface area contributed by atoms with Gasteiger partial charge in [-0.1, -0.05) is 39.5 Å². The van der Waals surface area contributed by atoms with Gasteiger partial charge in [0.15, 0.2) is 0 Å². The second-order valence-electron chi connectivity index (χ2n) is 4.21. The van der Waals surface area contributed by atoms with E-state index in [1.165, 1.54) is 18.9 Å². The van der Waals surface area contributed by atoms with Crippen LogP contribution in [-0.2, 0) is 4.74 Å². The first-order valence-corrected chi connectivity index (χ1v) is 5.94. The van der Waals surface area contributed by atoms with Crippen molar-refractivity contribution < 1.29 is 34.3 Å². The van der Waals surface area contributed by atoms with Crippen molar-refractivity contribution in [3.8, 4) is 0 Å². The molecule has 4 heteroatoms. The molecule has 0 aliphatic heterocycles. The third-order valence-corrected chi connectivity index (χ3v) is 1.56. The van der Waals surface area contributed by atoms with E-state index in [0.29, 0.717) is 0 Å². The van der Waals surface area contributed by atoms with Gasteiger partial charge in [-0.05, 0) is 6.42 Å². The minimum atomic E-state index is 0. The molecule has 90 valence electrons. The molecule has 16 heavy (non-hydrogen) atoms. The first-order chi connectivity index (χ1) is 6.83. The molecule has 0 fully saturated rings. The Balaban J connectivity index is -0.000000214. The number of unbranched alkanes of at least 4 members (excludes halogenated alkanes) is 1. The summed E-state index contributed by atoms with van der Waals surface area (Å²) in [6.07, 6.45) is 6.90. The van der Waals surface area contributed by atoms with Gasteiger partial charge < -0.3 is 10.1 Å². The van der Waals surface area contributed by atoms with Crippen LogP contribution in [0, 0.1) is 11.5 Å². The van der Waals surface area contributed by atoms with Crippen molar-refractivity contribution in [3.63, 3.8) is 0 Å². The summed E-state index contributed by atoms with van der Waals surface area (Å²) in [5.41, 5.74) is 0.0156. The van der Waals surface area contributed by atoms with Crippen LogP contribution in [0.3, 0.4) is 0 Å². The van der Waals surface area contributed by atoms with E-state index >= 15 is 0 Å². The van der Waals surface area contributed by atoms with Crippen molar-refractivity contribution in [1.82, 2.24) is 0 Å². The van der Waals surface area contributed by atoms with Gasteiger partial charge in [-0.15, -0.1) is 0 Å². The molecule has 0 unspecified atom stereocenters. The van der Waals surface area contributed by atoms with Crippen molar-refractivity contribution in [2.24, 2.45) is 5.41 Å². The van der Waals surface area contributed by atoms with Crippen LogP contribution in [0.25, 0.3) is 5.41 Å². The average molecular weight is 299 g/mol. The molecule has 2 nitrogen and oxygen atoms in total. The number of hydrogen-bond donors (Lipinski definition) is 0. The van der Waals surface area contributed by atoms with Crippen LogP contribution in [0.5, 0.6) is 0 Å². The number of methoxy groups -OCH3 is 1. The second kappa shape index (κ2) is 13.9. The van der Waals surface area contributed by atoms with Crippen LogP contribution in [0.2, 0.25) is 0 Å². The van der Waals surface area contributed by atoms with Gasteiger partial charge >= 0.3 is 29.6 Å². The normalized spacial score (nSPS) is 10.4. The predicted molar refractivity (Wildman–Crippen MR) is 71.3 cm³/mol. The Bertz CT molecular complexity index is 184. The third-order valence-electron chi connectivity index (χ3n) is 1.33. The van der Waals surface area contributed by atoms with Gasteiger partial charge in [0.2, 0.25) is 0 Å². The van der Waals surface area contributed by atoms with Crippen molar-refractivity contribution in [1.29, 1.82) is 0 Å². The molecule has 0 N–H and O–H groups in total. The molecule has 0 aromatic rings. The molecule has 0 amide bonds.